The maximum atomic E-state index is 10.7. The Labute approximate surface area is 129 Å². The van der Waals surface area contributed by atoms with Crippen LogP contribution in [0.25, 0.3) is 0 Å². The van der Waals surface area contributed by atoms with Gasteiger partial charge in [-0.15, -0.1) is 0 Å². The zero-order chi connectivity index (χ0) is 15.6. The average molecular weight is 311 g/mol. The largest absolute Gasteiger partial charge is 0.497 e. The van der Waals surface area contributed by atoms with Crippen LogP contribution in [0.3, 0.4) is 0 Å². The van der Waals surface area contributed by atoms with Crippen molar-refractivity contribution in [3.8, 4) is 11.5 Å². The van der Waals surface area contributed by atoms with E-state index in [1.165, 1.54) is 6.20 Å². The monoisotopic (exact) mass is 310 g/mol. The minimum atomic E-state index is -0.928. The van der Waals surface area contributed by atoms with Crippen LogP contribution in [0, 0.1) is 0 Å². The summed E-state index contributed by atoms with van der Waals surface area (Å²) in [6.45, 7) is 3.95. The second-order valence-electron chi connectivity index (χ2n) is 4.93. The molecule has 0 amide bonds. The fourth-order valence-electron chi connectivity index (χ4n) is 2.21. The highest BCUT2D eigenvalue weighted by molar-refractivity contribution is 6.31. The van der Waals surface area contributed by atoms with Crippen LogP contribution in [-0.4, -0.2) is 29.1 Å². The van der Waals surface area contributed by atoms with Gasteiger partial charge in [0.1, 0.15) is 17.6 Å². The van der Waals surface area contributed by atoms with Gasteiger partial charge in [0.25, 0.3) is 0 Å². The predicted molar refractivity (Wildman–Crippen MR) is 81.2 cm³/mol. The van der Waals surface area contributed by atoms with Crippen LogP contribution in [0.1, 0.15) is 37.3 Å². The Hall–Kier alpha value is -1.72. The summed E-state index contributed by atoms with van der Waals surface area (Å²) in [6.07, 6.45) is 0.610. The molecule has 1 heterocycles. The van der Waals surface area contributed by atoms with Gasteiger partial charge >= 0.3 is 0 Å². The summed E-state index contributed by atoms with van der Waals surface area (Å²) in [5, 5.41) is 15.3. The molecule has 21 heavy (non-hydrogen) atoms. The van der Waals surface area contributed by atoms with Crippen molar-refractivity contribution >= 4 is 11.6 Å². The third-order valence-corrected chi connectivity index (χ3v) is 3.56. The Morgan fingerprint density at radius 3 is 2.52 bits per heavy atom. The molecule has 5 nitrogen and oxygen atoms in total. The Kier molecular flexibility index (Phi) is 4.75. The van der Waals surface area contributed by atoms with Crippen molar-refractivity contribution in [2.24, 2.45) is 0 Å². The molecule has 1 unspecified atom stereocenters. The van der Waals surface area contributed by atoms with Crippen LogP contribution >= 0.6 is 11.6 Å². The molecule has 0 aliphatic rings. The average Bonchev–Trinajstić information content (AvgIpc) is 2.87. The van der Waals surface area contributed by atoms with Gasteiger partial charge in [0, 0.05) is 17.7 Å². The van der Waals surface area contributed by atoms with E-state index in [1.54, 1.807) is 37.1 Å². The Balaban J connectivity index is 2.49. The van der Waals surface area contributed by atoms with Crippen LogP contribution < -0.4 is 9.47 Å². The lowest BCUT2D eigenvalue weighted by molar-refractivity contribution is 0.200. The van der Waals surface area contributed by atoms with E-state index in [0.29, 0.717) is 27.8 Å². The molecule has 0 saturated heterocycles. The van der Waals surface area contributed by atoms with Gasteiger partial charge in [0.05, 0.1) is 31.1 Å². The highest BCUT2D eigenvalue weighted by Crippen LogP contribution is 2.36. The summed E-state index contributed by atoms with van der Waals surface area (Å²) in [4.78, 5) is 0. The van der Waals surface area contributed by atoms with Crippen LogP contribution in [0.4, 0.5) is 0 Å². The highest BCUT2D eigenvalue weighted by Gasteiger charge is 2.24. The molecule has 0 fully saturated rings. The van der Waals surface area contributed by atoms with Gasteiger partial charge in [-0.2, -0.15) is 5.10 Å². The summed E-state index contributed by atoms with van der Waals surface area (Å²) in [5.74, 6) is 1.20. The normalized spacial score (nSPS) is 12.5. The van der Waals surface area contributed by atoms with Crippen LogP contribution in [0.2, 0.25) is 5.02 Å². The number of nitrogens with zero attached hydrogens (tertiary/aromatic N) is 2. The zero-order valence-corrected chi connectivity index (χ0v) is 13.3. The minimum absolute atomic E-state index is 0.0893. The van der Waals surface area contributed by atoms with Crippen LogP contribution in [0.5, 0.6) is 11.5 Å². The molecule has 1 aromatic heterocycles. The number of methoxy groups -OCH3 is 2. The topological polar surface area (TPSA) is 56.5 Å². The first-order valence-electron chi connectivity index (χ1n) is 6.62. The van der Waals surface area contributed by atoms with Crippen molar-refractivity contribution in [2.75, 3.05) is 14.2 Å². The van der Waals surface area contributed by atoms with Gasteiger partial charge in [-0.3, -0.25) is 4.68 Å². The number of aliphatic hydroxyl groups is 1. The van der Waals surface area contributed by atoms with E-state index in [2.05, 4.69) is 5.10 Å². The first-order chi connectivity index (χ1) is 9.99. The van der Waals surface area contributed by atoms with E-state index >= 15 is 0 Å². The van der Waals surface area contributed by atoms with E-state index < -0.39 is 6.10 Å². The molecule has 0 radical (unpaired) electrons. The lowest BCUT2D eigenvalue weighted by atomic mass is 10.0. The molecule has 0 bridgehead atoms. The van der Waals surface area contributed by atoms with Gasteiger partial charge in [0.15, 0.2) is 0 Å². The molecular formula is C15H19ClN2O3. The van der Waals surface area contributed by atoms with E-state index in [9.17, 15) is 5.11 Å². The molecule has 1 atom stereocenters. The van der Waals surface area contributed by atoms with Crippen molar-refractivity contribution in [3.63, 3.8) is 0 Å². The fourth-order valence-corrected chi connectivity index (χ4v) is 2.44. The number of hydrogen-bond donors (Lipinski definition) is 1. The Morgan fingerprint density at radius 1 is 1.24 bits per heavy atom. The lowest BCUT2D eigenvalue weighted by Crippen LogP contribution is -2.13. The van der Waals surface area contributed by atoms with Crippen molar-refractivity contribution in [1.82, 2.24) is 9.78 Å². The van der Waals surface area contributed by atoms with E-state index in [0.717, 1.165) is 0 Å². The molecule has 6 heteroatoms. The third-order valence-electron chi connectivity index (χ3n) is 3.27. The minimum Gasteiger partial charge on any atom is -0.497 e. The van der Waals surface area contributed by atoms with E-state index in [-0.39, 0.29) is 6.04 Å². The Morgan fingerprint density at radius 2 is 1.95 bits per heavy atom. The molecule has 0 spiro atoms. The molecule has 1 N–H and O–H groups in total. The quantitative estimate of drug-likeness (QED) is 0.921. The predicted octanol–water partition coefficient (Wildman–Crippen LogP) is 3.22. The zero-order valence-electron chi connectivity index (χ0n) is 12.5. The fraction of sp³-hybridized carbons (Fsp3) is 0.400. The summed E-state index contributed by atoms with van der Waals surface area (Å²) >= 11 is 6.18. The highest BCUT2D eigenvalue weighted by atomic mass is 35.5. The second kappa shape index (κ2) is 6.37. The van der Waals surface area contributed by atoms with Gasteiger partial charge in [-0.1, -0.05) is 11.6 Å². The van der Waals surface area contributed by atoms with E-state index in [1.807, 2.05) is 13.8 Å². The van der Waals surface area contributed by atoms with Gasteiger partial charge < -0.3 is 14.6 Å². The molecule has 0 aliphatic carbocycles. The third kappa shape index (κ3) is 2.99. The van der Waals surface area contributed by atoms with E-state index in [4.69, 9.17) is 21.1 Å². The molecule has 114 valence electrons. The number of rotatable bonds is 5. The van der Waals surface area contributed by atoms with Gasteiger partial charge in [0.2, 0.25) is 0 Å². The molecule has 2 aromatic rings. The number of ether oxygens (including phenoxy) is 2. The number of halogens is 1. The SMILES string of the molecule is COc1ccc(C(O)c2c(Cl)cnn2C(C)C)c(OC)c1. The summed E-state index contributed by atoms with van der Waals surface area (Å²) in [7, 11) is 3.13. The lowest BCUT2D eigenvalue weighted by Gasteiger charge is -2.19. The molecule has 2 rings (SSSR count). The first-order valence-corrected chi connectivity index (χ1v) is 7.00. The van der Waals surface area contributed by atoms with Crippen LogP contribution in [-0.2, 0) is 0 Å². The maximum absolute atomic E-state index is 10.7. The number of hydrogen-bond acceptors (Lipinski definition) is 4. The van der Waals surface area contributed by atoms with Crippen molar-refractivity contribution in [2.45, 2.75) is 26.0 Å². The molecule has 0 saturated carbocycles. The van der Waals surface area contributed by atoms with Gasteiger partial charge in [-0.05, 0) is 26.0 Å². The van der Waals surface area contributed by atoms with Gasteiger partial charge in [-0.25, -0.2) is 0 Å². The standard InChI is InChI=1S/C15H19ClN2O3/c1-9(2)18-14(12(16)8-17-18)15(19)11-6-5-10(20-3)7-13(11)21-4/h5-9,15,19H,1-4H3. The summed E-state index contributed by atoms with van der Waals surface area (Å²) in [5.41, 5.74) is 1.16. The first kappa shape index (κ1) is 15.7. The Bertz CT molecular complexity index is 625. The second-order valence-corrected chi connectivity index (χ2v) is 5.33. The molecule has 1 aromatic carbocycles. The molecular weight excluding hydrogens is 292 g/mol. The van der Waals surface area contributed by atoms with Crippen molar-refractivity contribution in [1.29, 1.82) is 0 Å². The van der Waals surface area contributed by atoms with Crippen molar-refractivity contribution in [3.05, 3.63) is 40.7 Å². The summed E-state index contributed by atoms with van der Waals surface area (Å²) in [6, 6.07) is 5.34. The smallest absolute Gasteiger partial charge is 0.128 e. The molecule has 0 aliphatic heterocycles. The number of aliphatic hydroxyl groups excluding tert-OH is 1. The number of aromatic nitrogens is 2. The maximum Gasteiger partial charge on any atom is 0.128 e. The summed E-state index contributed by atoms with van der Waals surface area (Å²) < 4.78 is 12.2. The van der Waals surface area contributed by atoms with Crippen LogP contribution in [0.15, 0.2) is 24.4 Å². The van der Waals surface area contributed by atoms with Crippen molar-refractivity contribution < 1.29 is 14.6 Å². The number of benzene rings is 1.